The van der Waals surface area contributed by atoms with Gasteiger partial charge in [0, 0.05) is 0 Å². The molecule has 2 aliphatic heterocycles. The van der Waals surface area contributed by atoms with Crippen molar-refractivity contribution >= 4 is 11.8 Å². The quantitative estimate of drug-likeness (QED) is 0.417. The Bertz CT molecular complexity index is 282. The first-order chi connectivity index (χ1) is 5.68. The van der Waals surface area contributed by atoms with Gasteiger partial charge < -0.3 is 0 Å². The number of Topliss-reactive ketones (excluding diaryl/α,β-unsaturated/α-hetero) is 1. The fourth-order valence-electron chi connectivity index (χ4n) is 1.54. The van der Waals surface area contributed by atoms with E-state index in [1.54, 1.807) is 6.08 Å². The molecule has 12 heavy (non-hydrogen) atoms. The number of carboxylic acids is 1. The second kappa shape index (κ2) is 2.83. The van der Waals surface area contributed by atoms with Crippen molar-refractivity contribution in [3.05, 3.63) is 11.6 Å². The van der Waals surface area contributed by atoms with E-state index in [-0.39, 0.29) is 30.9 Å². The van der Waals surface area contributed by atoms with Crippen molar-refractivity contribution in [1.29, 1.82) is 0 Å². The van der Waals surface area contributed by atoms with Crippen molar-refractivity contribution in [3.8, 4) is 0 Å². The predicted molar refractivity (Wildman–Crippen MR) is 37.5 cm³/mol. The molecule has 1 N–H and O–H groups in total. The Kier molecular flexibility index (Phi) is 1.94. The van der Waals surface area contributed by atoms with Gasteiger partial charge in [-0.3, -0.25) is 0 Å². The summed E-state index contributed by atoms with van der Waals surface area (Å²) >= 11 is -0.212. The molecule has 0 radical (unpaired) electrons. The van der Waals surface area contributed by atoms with Gasteiger partial charge in [0.05, 0.1) is 0 Å². The zero-order chi connectivity index (χ0) is 8.72. The van der Waals surface area contributed by atoms with Gasteiger partial charge in [-0.05, 0) is 0 Å². The normalized spacial score (nSPS) is 34.0. The first-order valence-electron chi connectivity index (χ1n) is 3.76. The molecule has 66 valence electrons. The molecule has 0 aromatic rings. The predicted octanol–water partition coefficient (Wildman–Crippen LogP) is -2.80. The third-order valence-corrected chi connectivity index (χ3v) is 6.17. The molecule has 4 heteroatoms. The minimum atomic E-state index is -0.895. The summed E-state index contributed by atoms with van der Waals surface area (Å²) in [4.78, 5) is 22.0. The molecule has 1 saturated heterocycles. The molecule has 3 nitrogen and oxygen atoms in total. The molecule has 0 saturated carbocycles. The van der Waals surface area contributed by atoms with Crippen molar-refractivity contribution in [1.82, 2.24) is 0 Å². The molecule has 2 rings (SSSR count). The number of hydrogen-bond donors (Lipinski definition) is 1. The molecule has 0 amide bonds. The average Bonchev–Trinajstić information content (AvgIpc) is 2.28. The Morgan fingerprint density at radius 2 is 2.42 bits per heavy atom. The van der Waals surface area contributed by atoms with Crippen LogP contribution in [-0.4, -0.2) is 24.7 Å². The number of fused-ring (bicyclic) bond motifs is 2. The van der Waals surface area contributed by atoms with Crippen LogP contribution in [0.4, 0.5) is 0 Å². The van der Waals surface area contributed by atoms with Crippen LogP contribution in [0.15, 0.2) is 11.6 Å². The van der Waals surface area contributed by atoms with Gasteiger partial charge >= 0.3 is 80.0 Å². The molecule has 2 aliphatic rings. The van der Waals surface area contributed by atoms with E-state index >= 15 is 0 Å². The summed E-state index contributed by atoms with van der Waals surface area (Å²) in [5.74, 6) is -0.729. The summed E-state index contributed by atoms with van der Waals surface area (Å²) in [6, 6.07) is 0. The number of halogens is 1. The maximum atomic E-state index is 11.3. The zero-order valence-electron chi connectivity index (χ0n) is 6.29. The van der Waals surface area contributed by atoms with Crippen LogP contribution in [0.25, 0.3) is 0 Å². The standard InChI is InChI=1S/C8H8IO3/c10-6-3-4-1-2-5(8(11)12)7(6)9-4/h2,4,7H,1,3H2,(H,11,12)/q-1. The van der Waals surface area contributed by atoms with Gasteiger partial charge in [0.15, 0.2) is 0 Å². The minimum absolute atomic E-state index is 0.166. The molecule has 1 fully saturated rings. The van der Waals surface area contributed by atoms with Crippen molar-refractivity contribution in [2.24, 2.45) is 0 Å². The third-order valence-electron chi connectivity index (χ3n) is 2.12. The summed E-state index contributed by atoms with van der Waals surface area (Å²) in [5.41, 5.74) is 0.376. The van der Waals surface area contributed by atoms with E-state index in [1.807, 2.05) is 0 Å². The van der Waals surface area contributed by atoms with Crippen LogP contribution >= 0.6 is 0 Å². The molecule has 0 spiro atoms. The Hall–Kier alpha value is -0.390. The topological polar surface area (TPSA) is 54.4 Å². The average molecular weight is 279 g/mol. The second-order valence-corrected chi connectivity index (χ2v) is 6.68. The number of alkyl halides is 2. The first kappa shape index (κ1) is 8.22. The zero-order valence-corrected chi connectivity index (χ0v) is 8.45. The van der Waals surface area contributed by atoms with Crippen LogP contribution in [0.5, 0.6) is 0 Å². The van der Waals surface area contributed by atoms with E-state index in [9.17, 15) is 9.59 Å². The van der Waals surface area contributed by atoms with E-state index in [0.29, 0.717) is 15.9 Å². The van der Waals surface area contributed by atoms with Crippen molar-refractivity contribution in [2.45, 2.75) is 20.7 Å². The molecule has 2 unspecified atom stereocenters. The van der Waals surface area contributed by atoms with Gasteiger partial charge in [-0.15, -0.1) is 0 Å². The van der Waals surface area contributed by atoms with E-state index in [0.717, 1.165) is 6.42 Å². The fourth-order valence-corrected chi connectivity index (χ4v) is 5.36. The summed E-state index contributed by atoms with van der Waals surface area (Å²) in [7, 11) is 0. The number of hydrogen-bond acceptors (Lipinski definition) is 2. The number of carbonyl (C=O) groups is 2. The molecule has 2 atom stereocenters. The number of aliphatic carboxylic acids is 1. The van der Waals surface area contributed by atoms with Gasteiger partial charge in [0.1, 0.15) is 0 Å². The Morgan fingerprint density at radius 3 is 3.08 bits per heavy atom. The molecule has 0 aromatic carbocycles. The van der Waals surface area contributed by atoms with Crippen molar-refractivity contribution < 1.29 is 35.9 Å². The molecular formula is C8H8IO3-. The van der Waals surface area contributed by atoms with E-state index in [1.165, 1.54) is 0 Å². The van der Waals surface area contributed by atoms with Gasteiger partial charge in [-0.2, -0.15) is 0 Å². The number of ketones is 1. The van der Waals surface area contributed by atoms with E-state index < -0.39 is 5.97 Å². The number of rotatable bonds is 1. The van der Waals surface area contributed by atoms with E-state index in [2.05, 4.69) is 0 Å². The Morgan fingerprint density at radius 1 is 1.67 bits per heavy atom. The fraction of sp³-hybridized carbons (Fsp3) is 0.500. The SMILES string of the molecule is O=C(O)C1=CCC2CC(=O)C1[I-]2. The van der Waals surface area contributed by atoms with Crippen LogP contribution in [0.1, 0.15) is 12.8 Å². The van der Waals surface area contributed by atoms with Gasteiger partial charge in [-0.1, -0.05) is 0 Å². The third kappa shape index (κ3) is 1.18. The van der Waals surface area contributed by atoms with Crippen LogP contribution in [0.3, 0.4) is 0 Å². The molecule has 2 bridgehead atoms. The maximum absolute atomic E-state index is 11.3. The summed E-state index contributed by atoms with van der Waals surface area (Å²) < 4.78 is 0.351. The van der Waals surface area contributed by atoms with Crippen LogP contribution in [-0.2, 0) is 9.59 Å². The van der Waals surface area contributed by atoms with Gasteiger partial charge in [0.2, 0.25) is 0 Å². The number of carbonyl (C=O) groups excluding carboxylic acids is 1. The molecule has 2 heterocycles. The Labute approximate surface area is 80.1 Å². The molecular weight excluding hydrogens is 271 g/mol. The Balaban J connectivity index is 2.31. The van der Waals surface area contributed by atoms with Crippen LogP contribution in [0.2, 0.25) is 0 Å². The molecule has 0 aromatic heterocycles. The van der Waals surface area contributed by atoms with Crippen molar-refractivity contribution in [2.75, 3.05) is 0 Å². The summed E-state index contributed by atoms with van der Waals surface area (Å²) in [6.45, 7) is 0. The first-order valence-corrected chi connectivity index (χ1v) is 6.25. The second-order valence-electron chi connectivity index (χ2n) is 2.96. The van der Waals surface area contributed by atoms with Crippen LogP contribution < -0.4 is 21.2 Å². The van der Waals surface area contributed by atoms with Crippen molar-refractivity contribution in [3.63, 3.8) is 0 Å². The summed E-state index contributed by atoms with van der Waals surface area (Å²) in [5, 5.41) is 8.77. The number of allylic oxidation sites excluding steroid dienone is 1. The monoisotopic (exact) mass is 279 g/mol. The number of carboxylic acid groups (broad SMARTS) is 1. The van der Waals surface area contributed by atoms with Gasteiger partial charge in [-0.25, -0.2) is 0 Å². The summed E-state index contributed by atoms with van der Waals surface area (Å²) in [6.07, 6.45) is 3.19. The van der Waals surface area contributed by atoms with Gasteiger partial charge in [0.25, 0.3) is 0 Å². The van der Waals surface area contributed by atoms with E-state index in [4.69, 9.17) is 5.11 Å². The molecule has 0 aliphatic carbocycles. The van der Waals surface area contributed by atoms with Crippen LogP contribution in [0, 0.1) is 0 Å².